The standard InChI is InChI=1S/C21H29N3O4S2/c1-17-16-29-21(23-17)4-2-3-11-22-20(25)10-7-18-5-8-19(9-6-18)30(26,27)24-12-14-28-15-13-24/h5-6,8-9,16H,2-4,7,10-15H2,1H3,(H,22,25). The van der Waals surface area contributed by atoms with Crippen molar-refractivity contribution < 1.29 is 17.9 Å². The molecule has 2 aromatic rings. The summed E-state index contributed by atoms with van der Waals surface area (Å²) >= 11 is 1.69. The van der Waals surface area contributed by atoms with Gasteiger partial charge in [0.05, 0.1) is 23.1 Å². The molecule has 1 aliphatic rings. The number of thiazole rings is 1. The van der Waals surface area contributed by atoms with Crippen molar-refractivity contribution in [1.82, 2.24) is 14.6 Å². The van der Waals surface area contributed by atoms with Crippen molar-refractivity contribution in [3.8, 4) is 0 Å². The highest BCUT2D eigenvalue weighted by atomic mass is 32.2. The molecule has 0 bridgehead atoms. The number of morpholine rings is 1. The summed E-state index contributed by atoms with van der Waals surface area (Å²) in [5.74, 6) is 0.0186. The number of nitrogens with zero attached hydrogens (tertiary/aromatic N) is 2. The molecule has 0 aliphatic carbocycles. The van der Waals surface area contributed by atoms with E-state index in [9.17, 15) is 13.2 Å². The third kappa shape index (κ3) is 6.60. The highest BCUT2D eigenvalue weighted by Crippen LogP contribution is 2.18. The van der Waals surface area contributed by atoms with E-state index in [1.165, 1.54) is 4.31 Å². The Morgan fingerprint density at radius 3 is 2.57 bits per heavy atom. The third-order valence-electron chi connectivity index (χ3n) is 4.98. The zero-order chi connectivity index (χ0) is 21.4. The number of unbranched alkanes of at least 4 members (excludes halogenated alkanes) is 1. The molecule has 3 rings (SSSR count). The Bertz CT molecular complexity index is 920. The smallest absolute Gasteiger partial charge is 0.243 e. The van der Waals surface area contributed by atoms with Crippen LogP contribution in [0.25, 0.3) is 0 Å². The maximum Gasteiger partial charge on any atom is 0.243 e. The molecule has 164 valence electrons. The van der Waals surface area contributed by atoms with Gasteiger partial charge in [-0.25, -0.2) is 13.4 Å². The van der Waals surface area contributed by atoms with Gasteiger partial charge in [0.15, 0.2) is 0 Å². The second-order valence-corrected chi connectivity index (χ2v) is 10.2. The average molecular weight is 452 g/mol. The number of aromatic nitrogens is 1. The van der Waals surface area contributed by atoms with E-state index in [1.807, 2.05) is 6.92 Å². The minimum absolute atomic E-state index is 0.0186. The fourth-order valence-electron chi connectivity index (χ4n) is 3.26. The Morgan fingerprint density at radius 2 is 1.90 bits per heavy atom. The molecule has 7 nitrogen and oxygen atoms in total. The Hall–Kier alpha value is -1.81. The van der Waals surface area contributed by atoms with Crippen LogP contribution in [-0.4, -0.2) is 56.5 Å². The van der Waals surface area contributed by atoms with E-state index in [-0.39, 0.29) is 10.8 Å². The summed E-state index contributed by atoms with van der Waals surface area (Å²) in [5.41, 5.74) is 2.01. The van der Waals surface area contributed by atoms with Crippen LogP contribution < -0.4 is 5.32 Å². The van der Waals surface area contributed by atoms with E-state index in [2.05, 4.69) is 15.7 Å². The first-order chi connectivity index (χ1) is 14.4. The van der Waals surface area contributed by atoms with Gasteiger partial charge < -0.3 is 10.1 Å². The SMILES string of the molecule is Cc1csc(CCCCNC(=O)CCc2ccc(S(=O)(=O)N3CCOCC3)cc2)n1. The molecule has 2 heterocycles. The van der Waals surface area contributed by atoms with Crippen molar-refractivity contribution in [3.63, 3.8) is 0 Å². The lowest BCUT2D eigenvalue weighted by Gasteiger charge is -2.26. The van der Waals surface area contributed by atoms with Crippen molar-refractivity contribution in [2.45, 2.75) is 43.9 Å². The minimum atomic E-state index is -3.48. The van der Waals surface area contributed by atoms with Crippen molar-refractivity contribution in [1.29, 1.82) is 0 Å². The van der Waals surface area contributed by atoms with Gasteiger partial charge in [-0.3, -0.25) is 4.79 Å². The predicted octanol–water partition coefficient (Wildman–Crippen LogP) is 2.54. The van der Waals surface area contributed by atoms with Gasteiger partial charge in [-0.15, -0.1) is 11.3 Å². The number of hydrogen-bond donors (Lipinski definition) is 1. The molecule has 1 aliphatic heterocycles. The van der Waals surface area contributed by atoms with Crippen molar-refractivity contribution in [2.75, 3.05) is 32.8 Å². The number of sulfonamides is 1. The first-order valence-electron chi connectivity index (χ1n) is 10.3. The normalized spacial score (nSPS) is 15.2. The first kappa shape index (κ1) is 22.9. The van der Waals surface area contributed by atoms with Crippen LogP contribution in [0.1, 0.15) is 35.5 Å². The number of hydrogen-bond acceptors (Lipinski definition) is 6. The van der Waals surface area contributed by atoms with E-state index >= 15 is 0 Å². The minimum Gasteiger partial charge on any atom is -0.379 e. The van der Waals surface area contributed by atoms with Crippen molar-refractivity contribution >= 4 is 27.3 Å². The number of amides is 1. The highest BCUT2D eigenvalue weighted by molar-refractivity contribution is 7.89. The molecular formula is C21H29N3O4S2. The maximum absolute atomic E-state index is 12.6. The Labute approximate surface area is 182 Å². The molecule has 9 heteroatoms. The number of benzene rings is 1. The molecule has 0 unspecified atom stereocenters. The van der Waals surface area contributed by atoms with Gasteiger partial charge in [-0.2, -0.15) is 4.31 Å². The quantitative estimate of drug-likeness (QED) is 0.561. The van der Waals surface area contributed by atoms with Gasteiger partial charge in [0.1, 0.15) is 0 Å². The van der Waals surface area contributed by atoms with Gasteiger partial charge in [-0.1, -0.05) is 12.1 Å². The van der Waals surface area contributed by atoms with Gasteiger partial charge in [-0.05, 0) is 50.3 Å². The van der Waals surface area contributed by atoms with Gasteiger partial charge in [0, 0.05) is 37.1 Å². The molecule has 30 heavy (non-hydrogen) atoms. The molecule has 0 spiro atoms. The predicted molar refractivity (Wildman–Crippen MR) is 117 cm³/mol. The third-order valence-corrected chi connectivity index (χ3v) is 7.92. The first-order valence-corrected chi connectivity index (χ1v) is 12.6. The molecule has 1 fully saturated rings. The van der Waals surface area contributed by atoms with Crippen LogP contribution in [0, 0.1) is 6.92 Å². The second kappa shape index (κ2) is 11.0. The number of ether oxygens (including phenoxy) is 1. The summed E-state index contributed by atoms with van der Waals surface area (Å²) in [6, 6.07) is 6.82. The molecule has 1 saturated heterocycles. The van der Waals surface area contributed by atoms with E-state index in [1.54, 1.807) is 35.6 Å². The molecule has 1 aromatic carbocycles. The van der Waals surface area contributed by atoms with Crippen molar-refractivity contribution in [2.24, 2.45) is 0 Å². The van der Waals surface area contributed by atoms with Crippen LogP contribution in [0.4, 0.5) is 0 Å². The van der Waals surface area contributed by atoms with Crippen LogP contribution in [0.5, 0.6) is 0 Å². The number of nitrogens with one attached hydrogen (secondary N) is 1. The van der Waals surface area contributed by atoms with Crippen molar-refractivity contribution in [3.05, 3.63) is 45.9 Å². The summed E-state index contributed by atoms with van der Waals surface area (Å²) in [6.45, 7) is 4.28. The highest BCUT2D eigenvalue weighted by Gasteiger charge is 2.26. The molecule has 0 radical (unpaired) electrons. The summed E-state index contributed by atoms with van der Waals surface area (Å²) in [7, 11) is -3.48. The molecule has 0 atom stereocenters. The summed E-state index contributed by atoms with van der Waals surface area (Å²) in [5, 5.41) is 6.16. The Morgan fingerprint density at radius 1 is 1.17 bits per heavy atom. The van der Waals surface area contributed by atoms with Gasteiger partial charge >= 0.3 is 0 Å². The maximum atomic E-state index is 12.6. The molecule has 1 aromatic heterocycles. The Balaban J connectivity index is 1.36. The van der Waals surface area contributed by atoms with Gasteiger partial charge in [0.25, 0.3) is 0 Å². The molecular weight excluding hydrogens is 422 g/mol. The zero-order valence-electron chi connectivity index (χ0n) is 17.3. The molecule has 1 amide bonds. The lowest BCUT2D eigenvalue weighted by Crippen LogP contribution is -2.40. The summed E-state index contributed by atoms with van der Waals surface area (Å²) < 4.78 is 31.9. The summed E-state index contributed by atoms with van der Waals surface area (Å²) in [4.78, 5) is 16.8. The topological polar surface area (TPSA) is 88.6 Å². The number of aryl methyl sites for hydroxylation is 3. The zero-order valence-corrected chi connectivity index (χ0v) is 18.9. The largest absolute Gasteiger partial charge is 0.379 e. The van der Waals surface area contributed by atoms with E-state index in [4.69, 9.17) is 4.74 Å². The van der Waals surface area contributed by atoms with Crippen LogP contribution in [-0.2, 0) is 32.4 Å². The van der Waals surface area contributed by atoms with Crippen LogP contribution in [0.3, 0.4) is 0 Å². The fraction of sp³-hybridized carbons (Fsp3) is 0.524. The van der Waals surface area contributed by atoms with E-state index < -0.39 is 10.0 Å². The van der Waals surface area contributed by atoms with Crippen LogP contribution in [0.2, 0.25) is 0 Å². The van der Waals surface area contributed by atoms with Crippen LogP contribution in [0.15, 0.2) is 34.5 Å². The number of rotatable bonds is 10. The summed E-state index contributed by atoms with van der Waals surface area (Å²) in [6.07, 6.45) is 3.86. The second-order valence-electron chi connectivity index (χ2n) is 7.35. The molecule has 0 saturated carbocycles. The lowest BCUT2D eigenvalue weighted by atomic mass is 10.1. The van der Waals surface area contributed by atoms with E-state index in [0.29, 0.717) is 45.7 Å². The van der Waals surface area contributed by atoms with Crippen LogP contribution >= 0.6 is 11.3 Å². The number of carbonyl (C=O) groups is 1. The number of carbonyl (C=O) groups excluding carboxylic acids is 1. The Kier molecular flexibility index (Phi) is 8.38. The lowest BCUT2D eigenvalue weighted by molar-refractivity contribution is -0.121. The molecule has 1 N–H and O–H groups in total. The monoisotopic (exact) mass is 451 g/mol. The fourth-order valence-corrected chi connectivity index (χ4v) is 5.48. The van der Waals surface area contributed by atoms with E-state index in [0.717, 1.165) is 35.5 Å². The average Bonchev–Trinajstić information content (AvgIpc) is 3.18. The van der Waals surface area contributed by atoms with Gasteiger partial charge in [0.2, 0.25) is 15.9 Å².